The second-order valence-electron chi connectivity index (χ2n) is 8.59. The van der Waals surface area contributed by atoms with Crippen molar-refractivity contribution in [1.82, 2.24) is 24.8 Å². The van der Waals surface area contributed by atoms with Gasteiger partial charge in [-0.3, -0.25) is 19.5 Å². The Morgan fingerprint density at radius 2 is 2.06 bits per heavy atom. The zero-order valence-corrected chi connectivity index (χ0v) is 20.4. The number of anilines is 1. The van der Waals surface area contributed by atoms with Crippen LogP contribution in [-0.2, 0) is 17.9 Å². The molecule has 1 amide bonds. The summed E-state index contributed by atoms with van der Waals surface area (Å²) in [5.74, 6) is 0.522. The number of pyridine rings is 3. The number of hydrogen-bond donors (Lipinski definition) is 3. The Bertz CT molecular complexity index is 1290. The highest BCUT2D eigenvalue weighted by Gasteiger charge is 2.30. The predicted molar refractivity (Wildman–Crippen MR) is 134 cm³/mol. The van der Waals surface area contributed by atoms with Crippen LogP contribution in [0.5, 0.6) is 0 Å². The lowest BCUT2D eigenvalue weighted by Crippen LogP contribution is -2.31. The van der Waals surface area contributed by atoms with Crippen LogP contribution in [0.1, 0.15) is 5.69 Å². The zero-order valence-electron chi connectivity index (χ0n) is 18.8. The minimum absolute atomic E-state index is 0. The first-order chi connectivity index (χ1) is 16.5. The van der Waals surface area contributed by atoms with Crippen LogP contribution in [0.2, 0.25) is 0 Å². The number of carbonyl (C=O) groups is 1. The molecule has 5 rings (SSSR count). The Hall–Kier alpha value is -2.57. The van der Waals surface area contributed by atoms with E-state index in [2.05, 4.69) is 25.5 Å². The van der Waals surface area contributed by atoms with Crippen molar-refractivity contribution >= 4 is 46.9 Å². The Balaban J connectivity index is 0.00000289. The quantitative estimate of drug-likeness (QED) is 0.429. The molecular formula is C23H26ClFN6O3S. The van der Waals surface area contributed by atoms with Crippen molar-refractivity contribution in [2.75, 3.05) is 37.2 Å². The van der Waals surface area contributed by atoms with E-state index in [1.165, 1.54) is 28.5 Å². The maximum absolute atomic E-state index is 13.7. The topological polar surface area (TPSA) is 112 Å². The normalized spacial score (nSPS) is 19.9. The molecule has 0 saturated carbocycles. The first kappa shape index (κ1) is 25.5. The SMILES string of the molecule is Cl.O=C1CSc2ccc(CNC[C@H]3CN(CCn4c(=O)ccc5ncc(F)cc54)C[C@H]3O)nc2N1. The molecule has 0 aliphatic carbocycles. The van der Waals surface area contributed by atoms with E-state index in [1.54, 1.807) is 6.07 Å². The van der Waals surface area contributed by atoms with Gasteiger partial charge in [-0.15, -0.1) is 24.2 Å². The van der Waals surface area contributed by atoms with Gasteiger partial charge >= 0.3 is 0 Å². The van der Waals surface area contributed by atoms with Gasteiger partial charge in [-0.05, 0) is 18.2 Å². The maximum Gasteiger partial charge on any atom is 0.251 e. The molecule has 3 aromatic heterocycles. The van der Waals surface area contributed by atoms with Crippen LogP contribution >= 0.6 is 24.2 Å². The molecule has 0 spiro atoms. The molecule has 0 radical (unpaired) electrons. The summed E-state index contributed by atoms with van der Waals surface area (Å²) in [6, 6.07) is 8.27. The van der Waals surface area contributed by atoms with E-state index in [1.807, 2.05) is 12.1 Å². The number of carbonyl (C=O) groups excluding carboxylic acids is 1. The number of amides is 1. The second-order valence-corrected chi connectivity index (χ2v) is 9.60. The Morgan fingerprint density at radius 1 is 1.20 bits per heavy atom. The standard InChI is InChI=1S/C23H25FN6O3S.ClH/c24-15-7-18-17(26-9-15)2-4-22(33)30(18)6-5-29-11-14(19(31)12-29)8-25-10-16-1-3-20-23(27-16)28-21(32)13-34-20;/h1-4,7,9,14,19,25,31H,5-6,8,10-13H2,(H,27,28,32);1H/t14-,19+;/m0./s1. The molecule has 35 heavy (non-hydrogen) atoms. The summed E-state index contributed by atoms with van der Waals surface area (Å²) in [5, 5.41) is 16.7. The summed E-state index contributed by atoms with van der Waals surface area (Å²) in [5.41, 5.74) is 1.66. The minimum atomic E-state index is -0.483. The smallest absolute Gasteiger partial charge is 0.251 e. The number of likely N-dealkylation sites (tertiary alicyclic amines) is 1. The van der Waals surface area contributed by atoms with Crippen molar-refractivity contribution in [3.63, 3.8) is 0 Å². The molecule has 3 aromatic rings. The number of halogens is 2. The minimum Gasteiger partial charge on any atom is -0.391 e. The summed E-state index contributed by atoms with van der Waals surface area (Å²) in [7, 11) is 0. The number of aliphatic hydroxyl groups excluding tert-OH is 1. The fourth-order valence-corrected chi connectivity index (χ4v) is 5.18. The Morgan fingerprint density at radius 3 is 2.91 bits per heavy atom. The average molecular weight is 521 g/mol. The molecule has 0 aromatic carbocycles. The zero-order chi connectivity index (χ0) is 23.7. The Labute approximate surface area is 211 Å². The third kappa shape index (κ3) is 5.81. The van der Waals surface area contributed by atoms with Crippen LogP contribution < -0.4 is 16.2 Å². The van der Waals surface area contributed by atoms with Crippen molar-refractivity contribution in [2.45, 2.75) is 24.1 Å². The number of aromatic nitrogens is 3. The first-order valence-corrected chi connectivity index (χ1v) is 12.1. The summed E-state index contributed by atoms with van der Waals surface area (Å²) in [4.78, 5) is 35.6. The van der Waals surface area contributed by atoms with Crippen LogP contribution in [0.25, 0.3) is 11.0 Å². The van der Waals surface area contributed by atoms with E-state index >= 15 is 0 Å². The molecule has 3 N–H and O–H groups in total. The lowest BCUT2D eigenvalue weighted by Gasteiger charge is -2.18. The van der Waals surface area contributed by atoms with Crippen LogP contribution in [0, 0.1) is 11.7 Å². The highest BCUT2D eigenvalue weighted by molar-refractivity contribution is 8.00. The van der Waals surface area contributed by atoms with E-state index in [9.17, 15) is 19.1 Å². The number of nitrogens with zero attached hydrogens (tertiary/aromatic N) is 4. The number of β-amino-alcohol motifs (C(OH)–C–C–N with tert-alkyl or cyclic N) is 1. The van der Waals surface area contributed by atoms with Crippen LogP contribution in [0.4, 0.5) is 10.2 Å². The molecule has 0 bridgehead atoms. The van der Waals surface area contributed by atoms with Gasteiger partial charge in [0.25, 0.3) is 5.56 Å². The molecule has 2 aliphatic heterocycles. The fourth-order valence-electron chi connectivity index (χ4n) is 4.43. The van der Waals surface area contributed by atoms with Crippen molar-refractivity contribution in [1.29, 1.82) is 0 Å². The molecule has 1 saturated heterocycles. The monoisotopic (exact) mass is 520 g/mol. The van der Waals surface area contributed by atoms with Gasteiger partial charge in [-0.1, -0.05) is 0 Å². The van der Waals surface area contributed by atoms with Crippen molar-refractivity contribution in [3.05, 3.63) is 58.4 Å². The van der Waals surface area contributed by atoms with Gasteiger partial charge in [0.2, 0.25) is 5.91 Å². The summed E-state index contributed by atoms with van der Waals surface area (Å²) < 4.78 is 15.2. The molecule has 12 heteroatoms. The molecule has 2 aliphatic rings. The number of aliphatic hydroxyl groups is 1. The largest absolute Gasteiger partial charge is 0.391 e. The van der Waals surface area contributed by atoms with Gasteiger partial charge in [0, 0.05) is 57.3 Å². The number of nitrogens with one attached hydrogen (secondary N) is 2. The molecule has 5 heterocycles. The van der Waals surface area contributed by atoms with E-state index in [0.717, 1.165) is 16.8 Å². The molecule has 1 fully saturated rings. The first-order valence-electron chi connectivity index (χ1n) is 11.1. The average Bonchev–Trinajstić information content (AvgIpc) is 3.17. The highest BCUT2D eigenvalue weighted by Crippen LogP contribution is 2.29. The van der Waals surface area contributed by atoms with Crippen molar-refractivity contribution < 1.29 is 14.3 Å². The lowest BCUT2D eigenvalue weighted by molar-refractivity contribution is -0.113. The van der Waals surface area contributed by atoms with Gasteiger partial charge in [-0.25, -0.2) is 9.37 Å². The number of rotatable bonds is 7. The molecule has 0 unspecified atom stereocenters. The third-order valence-corrected chi connectivity index (χ3v) is 7.22. The van der Waals surface area contributed by atoms with E-state index in [-0.39, 0.29) is 29.8 Å². The maximum atomic E-state index is 13.7. The number of fused-ring (bicyclic) bond motifs is 2. The summed E-state index contributed by atoms with van der Waals surface area (Å²) in [6.45, 7) is 3.29. The van der Waals surface area contributed by atoms with Gasteiger partial charge in [0.05, 0.1) is 39.7 Å². The third-order valence-electron chi connectivity index (χ3n) is 6.17. The van der Waals surface area contributed by atoms with E-state index < -0.39 is 11.9 Å². The molecule has 2 atom stereocenters. The fraction of sp³-hybridized carbons (Fsp3) is 0.391. The van der Waals surface area contributed by atoms with Gasteiger partial charge in [0.1, 0.15) is 11.6 Å². The predicted octanol–water partition coefficient (Wildman–Crippen LogP) is 1.48. The van der Waals surface area contributed by atoms with Gasteiger partial charge in [0.15, 0.2) is 0 Å². The number of thioether (sulfide) groups is 1. The van der Waals surface area contributed by atoms with Crippen LogP contribution in [0.15, 0.2) is 46.2 Å². The Kier molecular flexibility index (Phi) is 8.02. The van der Waals surface area contributed by atoms with Crippen LogP contribution in [0.3, 0.4) is 0 Å². The molecule has 186 valence electrons. The lowest BCUT2D eigenvalue weighted by atomic mass is 10.1. The van der Waals surface area contributed by atoms with Crippen molar-refractivity contribution in [3.8, 4) is 0 Å². The molecular weight excluding hydrogens is 495 g/mol. The molecule has 9 nitrogen and oxygen atoms in total. The van der Waals surface area contributed by atoms with Gasteiger partial charge in [-0.2, -0.15) is 0 Å². The second kappa shape index (κ2) is 11.0. The number of hydrogen-bond acceptors (Lipinski definition) is 8. The van der Waals surface area contributed by atoms with E-state index in [4.69, 9.17) is 0 Å². The van der Waals surface area contributed by atoms with Crippen molar-refractivity contribution in [2.24, 2.45) is 5.92 Å². The summed E-state index contributed by atoms with van der Waals surface area (Å²) in [6.07, 6.45) is 0.656. The van der Waals surface area contributed by atoms with Gasteiger partial charge < -0.3 is 20.3 Å². The van der Waals surface area contributed by atoms with Crippen LogP contribution in [-0.4, -0.2) is 68.5 Å². The summed E-state index contributed by atoms with van der Waals surface area (Å²) >= 11 is 1.48. The van der Waals surface area contributed by atoms with E-state index in [0.29, 0.717) is 61.9 Å². The highest BCUT2D eigenvalue weighted by atomic mass is 35.5.